The number of rotatable bonds is 12. The highest BCUT2D eigenvalue weighted by Crippen LogP contribution is 2.27. The van der Waals surface area contributed by atoms with Crippen molar-refractivity contribution in [2.75, 3.05) is 17.5 Å². The van der Waals surface area contributed by atoms with Crippen LogP contribution in [0.1, 0.15) is 57.1 Å². The Balaban J connectivity index is 1.67. The van der Waals surface area contributed by atoms with Gasteiger partial charge in [0, 0.05) is 12.6 Å². The quantitative estimate of drug-likeness (QED) is 0.302. The van der Waals surface area contributed by atoms with E-state index >= 15 is 0 Å². The number of ether oxygens (including phenoxy) is 1. The average Bonchev–Trinajstić information content (AvgIpc) is 3.00. The number of nitrogens with one attached hydrogen (secondary N) is 1. The number of hydrogen-bond acceptors (Lipinski definition) is 5. The maximum absolute atomic E-state index is 14.1. The van der Waals surface area contributed by atoms with E-state index in [0.29, 0.717) is 18.0 Å². The molecular weight excluding hydrogens is 550 g/mol. The number of aryl methyl sites for hydroxylation is 1. The van der Waals surface area contributed by atoms with Crippen molar-refractivity contribution in [1.82, 2.24) is 10.2 Å². The van der Waals surface area contributed by atoms with Crippen molar-refractivity contribution in [1.29, 1.82) is 0 Å². The zero-order chi connectivity index (χ0) is 30.1. The van der Waals surface area contributed by atoms with Gasteiger partial charge in [0.05, 0.1) is 17.2 Å². The van der Waals surface area contributed by atoms with Gasteiger partial charge in [-0.3, -0.25) is 13.9 Å². The highest BCUT2D eigenvalue weighted by Gasteiger charge is 2.33. The number of hydrogen-bond donors (Lipinski definition) is 1. The van der Waals surface area contributed by atoms with Crippen LogP contribution in [-0.4, -0.2) is 50.4 Å². The summed E-state index contributed by atoms with van der Waals surface area (Å²) in [4.78, 5) is 29.2. The molecule has 1 fully saturated rings. The molecule has 1 atom stereocenters. The monoisotopic (exact) mass is 591 g/mol. The van der Waals surface area contributed by atoms with Crippen LogP contribution in [0.3, 0.4) is 0 Å². The summed E-state index contributed by atoms with van der Waals surface area (Å²) in [6.45, 7) is 5.70. The Kier molecular flexibility index (Phi) is 10.6. The van der Waals surface area contributed by atoms with Crippen molar-refractivity contribution in [3.63, 3.8) is 0 Å². The van der Waals surface area contributed by atoms with Crippen molar-refractivity contribution in [2.45, 2.75) is 76.4 Å². The lowest BCUT2D eigenvalue weighted by atomic mass is 9.95. The zero-order valence-electron chi connectivity index (χ0n) is 24.7. The molecule has 1 aliphatic carbocycles. The highest BCUT2D eigenvalue weighted by molar-refractivity contribution is 7.92. The summed E-state index contributed by atoms with van der Waals surface area (Å²) in [5.41, 5.74) is 2.20. The first-order chi connectivity index (χ1) is 20.2. The summed E-state index contributed by atoms with van der Waals surface area (Å²) in [5, 5.41) is 3.14. The van der Waals surface area contributed by atoms with Crippen molar-refractivity contribution in [3.8, 4) is 5.75 Å². The third-order valence-corrected chi connectivity index (χ3v) is 9.55. The molecule has 4 rings (SSSR count). The Bertz CT molecular complexity index is 1440. The Morgan fingerprint density at radius 1 is 0.929 bits per heavy atom. The van der Waals surface area contributed by atoms with Gasteiger partial charge in [0.15, 0.2) is 0 Å². The first kappa shape index (κ1) is 31.1. The molecular formula is C33H41N3O5S. The molecule has 0 aliphatic heterocycles. The minimum Gasteiger partial charge on any atom is -0.494 e. The van der Waals surface area contributed by atoms with Crippen LogP contribution in [-0.2, 0) is 26.2 Å². The number of amides is 2. The van der Waals surface area contributed by atoms with Crippen LogP contribution in [0.4, 0.5) is 5.69 Å². The maximum Gasteiger partial charge on any atom is 0.264 e. The van der Waals surface area contributed by atoms with Gasteiger partial charge in [-0.2, -0.15) is 0 Å². The molecule has 3 aromatic carbocycles. The molecule has 0 radical (unpaired) electrons. The van der Waals surface area contributed by atoms with Crippen molar-refractivity contribution < 1.29 is 22.7 Å². The molecule has 0 heterocycles. The molecule has 0 spiro atoms. The fourth-order valence-electron chi connectivity index (χ4n) is 5.25. The number of anilines is 1. The molecule has 2 amide bonds. The van der Waals surface area contributed by atoms with Gasteiger partial charge in [0.25, 0.3) is 10.0 Å². The maximum atomic E-state index is 14.1. The lowest BCUT2D eigenvalue weighted by molar-refractivity contribution is -0.139. The second-order valence-electron chi connectivity index (χ2n) is 10.7. The summed E-state index contributed by atoms with van der Waals surface area (Å²) >= 11 is 0. The molecule has 224 valence electrons. The van der Waals surface area contributed by atoms with E-state index in [0.717, 1.165) is 47.5 Å². The van der Waals surface area contributed by atoms with Crippen LogP contribution in [0.5, 0.6) is 5.75 Å². The minimum atomic E-state index is -4.11. The third kappa shape index (κ3) is 7.70. The number of sulfonamides is 1. The summed E-state index contributed by atoms with van der Waals surface area (Å²) in [6.07, 6.45) is 5.15. The summed E-state index contributed by atoms with van der Waals surface area (Å²) in [7, 11) is -4.11. The molecule has 0 aromatic heterocycles. The summed E-state index contributed by atoms with van der Waals surface area (Å²) in [5.74, 6) is -0.112. The zero-order valence-corrected chi connectivity index (χ0v) is 25.5. The average molecular weight is 592 g/mol. The molecule has 42 heavy (non-hydrogen) atoms. The molecule has 1 unspecified atom stereocenters. The Hall–Kier alpha value is -3.85. The van der Waals surface area contributed by atoms with Crippen LogP contribution in [0.2, 0.25) is 0 Å². The van der Waals surface area contributed by atoms with Gasteiger partial charge in [0.1, 0.15) is 18.3 Å². The minimum absolute atomic E-state index is 0.0697. The van der Waals surface area contributed by atoms with E-state index < -0.39 is 28.5 Å². The fourth-order valence-corrected chi connectivity index (χ4v) is 6.68. The largest absolute Gasteiger partial charge is 0.494 e. The second-order valence-corrected chi connectivity index (χ2v) is 12.6. The van der Waals surface area contributed by atoms with Gasteiger partial charge in [0.2, 0.25) is 11.8 Å². The Morgan fingerprint density at radius 3 is 2.21 bits per heavy atom. The smallest absolute Gasteiger partial charge is 0.264 e. The lowest BCUT2D eigenvalue weighted by Crippen LogP contribution is -2.53. The van der Waals surface area contributed by atoms with Crippen LogP contribution in [0, 0.1) is 6.92 Å². The van der Waals surface area contributed by atoms with Crippen LogP contribution >= 0.6 is 0 Å². The normalized spacial score (nSPS) is 14.5. The van der Waals surface area contributed by atoms with Crippen molar-refractivity contribution in [3.05, 3.63) is 90.0 Å². The highest BCUT2D eigenvalue weighted by atomic mass is 32.2. The van der Waals surface area contributed by atoms with E-state index in [9.17, 15) is 18.0 Å². The second kappa shape index (κ2) is 14.4. The molecule has 0 bridgehead atoms. The van der Waals surface area contributed by atoms with Crippen LogP contribution in [0.15, 0.2) is 83.8 Å². The predicted molar refractivity (Wildman–Crippen MR) is 165 cm³/mol. The molecule has 1 aliphatic rings. The van der Waals surface area contributed by atoms with Crippen molar-refractivity contribution in [2.24, 2.45) is 0 Å². The molecule has 1 saturated carbocycles. The molecule has 9 heteroatoms. The van der Waals surface area contributed by atoms with Gasteiger partial charge in [-0.1, -0.05) is 61.7 Å². The number of carbonyl (C=O) groups is 2. The van der Waals surface area contributed by atoms with E-state index in [1.807, 2.05) is 38.1 Å². The first-order valence-corrected chi connectivity index (χ1v) is 16.1. The topological polar surface area (TPSA) is 96.0 Å². The standard InChI is InChI=1S/C33H41N3O5S/c1-4-41-30-21-19-29(20-22-30)36(42(39,40)31-17-9-6-10-18-31)24-32(37)35(23-27-14-12-11-13-25(27)2)26(3)33(38)34-28-15-7-5-8-16-28/h6,9-14,17-22,26,28H,4-5,7-8,15-16,23-24H2,1-3H3,(H,34,38). The molecule has 8 nitrogen and oxygen atoms in total. The third-order valence-electron chi connectivity index (χ3n) is 7.77. The first-order valence-electron chi connectivity index (χ1n) is 14.7. The Labute approximate surface area is 249 Å². The van der Waals surface area contributed by atoms with E-state index in [1.165, 1.54) is 17.0 Å². The van der Waals surface area contributed by atoms with Gasteiger partial charge in [-0.25, -0.2) is 8.42 Å². The number of nitrogens with zero attached hydrogens (tertiary/aromatic N) is 2. The molecule has 0 saturated heterocycles. The summed E-state index contributed by atoms with van der Waals surface area (Å²) < 4.78 is 34.5. The lowest BCUT2D eigenvalue weighted by Gasteiger charge is -2.33. The van der Waals surface area contributed by atoms with E-state index in [-0.39, 0.29) is 23.4 Å². The van der Waals surface area contributed by atoms with Gasteiger partial charge < -0.3 is 15.0 Å². The van der Waals surface area contributed by atoms with E-state index in [4.69, 9.17) is 4.74 Å². The Morgan fingerprint density at radius 2 is 1.57 bits per heavy atom. The van der Waals surface area contributed by atoms with Gasteiger partial charge >= 0.3 is 0 Å². The SMILES string of the molecule is CCOc1ccc(N(CC(=O)N(Cc2ccccc2C)C(C)C(=O)NC2CCCCC2)S(=O)(=O)c2ccccc2)cc1. The van der Waals surface area contributed by atoms with Crippen molar-refractivity contribution >= 4 is 27.5 Å². The van der Waals surface area contributed by atoms with Crippen LogP contribution in [0.25, 0.3) is 0 Å². The van der Waals surface area contributed by atoms with Gasteiger partial charge in [-0.05, 0) is 81.1 Å². The summed E-state index contributed by atoms with van der Waals surface area (Å²) in [6, 6.07) is 21.6. The van der Waals surface area contributed by atoms with E-state index in [1.54, 1.807) is 49.4 Å². The fraction of sp³-hybridized carbons (Fsp3) is 0.394. The van der Waals surface area contributed by atoms with Gasteiger partial charge in [-0.15, -0.1) is 0 Å². The van der Waals surface area contributed by atoms with Crippen LogP contribution < -0.4 is 14.4 Å². The predicted octanol–water partition coefficient (Wildman–Crippen LogP) is 5.46. The molecule has 1 N–H and O–H groups in total. The van der Waals surface area contributed by atoms with E-state index in [2.05, 4.69) is 5.32 Å². The molecule has 3 aromatic rings. The number of benzene rings is 3. The number of carbonyl (C=O) groups excluding carboxylic acids is 2.